The van der Waals surface area contributed by atoms with E-state index >= 15 is 0 Å². The summed E-state index contributed by atoms with van der Waals surface area (Å²) in [7, 11) is 1.75. The molecule has 0 spiro atoms. The Balaban J connectivity index is 2.14. The van der Waals surface area contributed by atoms with E-state index in [-0.39, 0.29) is 5.91 Å². The molecule has 0 aliphatic carbocycles. The number of rotatable bonds is 6. The highest BCUT2D eigenvalue weighted by atomic mass is 16.5. The average Bonchev–Trinajstić information content (AvgIpc) is 2.30. The third kappa shape index (κ3) is 4.92. The van der Waals surface area contributed by atoms with Crippen LogP contribution in [0.1, 0.15) is 25.7 Å². The number of amides is 1. The zero-order chi connectivity index (χ0) is 11.8. The molecule has 1 saturated heterocycles. The standard InChI is InChI=1S/C11H23N3O2/c1-16-9-10-4-2-6-14(8-10)7-3-5-11(15)13-12/h10H,2-9,12H2,1H3,(H,13,15). The summed E-state index contributed by atoms with van der Waals surface area (Å²) in [6, 6.07) is 0. The number of likely N-dealkylation sites (tertiary alicyclic amines) is 1. The lowest BCUT2D eigenvalue weighted by atomic mass is 9.99. The second-order valence-electron chi connectivity index (χ2n) is 4.44. The normalized spacial score (nSPS) is 22.0. The van der Waals surface area contributed by atoms with Crippen molar-refractivity contribution in [1.82, 2.24) is 10.3 Å². The summed E-state index contributed by atoms with van der Waals surface area (Å²) in [4.78, 5) is 13.4. The first kappa shape index (κ1) is 13.4. The molecule has 0 saturated carbocycles. The number of piperidine rings is 1. The van der Waals surface area contributed by atoms with Crippen LogP contribution >= 0.6 is 0 Å². The Morgan fingerprint density at radius 1 is 1.62 bits per heavy atom. The zero-order valence-electron chi connectivity index (χ0n) is 10.1. The number of carbonyl (C=O) groups is 1. The van der Waals surface area contributed by atoms with Crippen LogP contribution in [0.3, 0.4) is 0 Å². The number of nitrogens with one attached hydrogen (secondary N) is 1. The third-order valence-electron chi connectivity index (χ3n) is 3.04. The van der Waals surface area contributed by atoms with Gasteiger partial charge in [-0.25, -0.2) is 5.84 Å². The summed E-state index contributed by atoms with van der Waals surface area (Å²) in [5.41, 5.74) is 2.15. The van der Waals surface area contributed by atoms with Gasteiger partial charge in [0.1, 0.15) is 0 Å². The molecule has 1 atom stereocenters. The lowest BCUT2D eigenvalue weighted by Gasteiger charge is -2.32. The predicted molar refractivity (Wildman–Crippen MR) is 62.6 cm³/mol. The van der Waals surface area contributed by atoms with Gasteiger partial charge >= 0.3 is 0 Å². The highest BCUT2D eigenvalue weighted by Gasteiger charge is 2.19. The molecule has 94 valence electrons. The molecule has 3 N–H and O–H groups in total. The first-order chi connectivity index (χ1) is 7.76. The fourth-order valence-corrected chi connectivity index (χ4v) is 2.26. The quantitative estimate of drug-likeness (QED) is 0.385. The number of nitrogens with zero attached hydrogens (tertiary/aromatic N) is 1. The first-order valence-corrected chi connectivity index (χ1v) is 5.97. The SMILES string of the molecule is COCC1CCCN(CCCC(=O)NN)C1. The number of hydrogen-bond donors (Lipinski definition) is 2. The molecule has 1 rings (SSSR count). The van der Waals surface area contributed by atoms with Crippen molar-refractivity contribution in [3.63, 3.8) is 0 Å². The molecule has 0 aromatic heterocycles. The average molecular weight is 229 g/mol. The lowest BCUT2D eigenvalue weighted by molar-refractivity contribution is -0.121. The van der Waals surface area contributed by atoms with Gasteiger partial charge in [0.2, 0.25) is 5.91 Å². The van der Waals surface area contributed by atoms with Crippen molar-refractivity contribution < 1.29 is 9.53 Å². The number of carbonyl (C=O) groups excluding carboxylic acids is 1. The van der Waals surface area contributed by atoms with Gasteiger partial charge in [0.05, 0.1) is 6.61 Å². The van der Waals surface area contributed by atoms with E-state index in [2.05, 4.69) is 10.3 Å². The molecule has 1 amide bonds. The largest absolute Gasteiger partial charge is 0.384 e. The second kappa shape index (κ2) is 7.60. The number of methoxy groups -OCH3 is 1. The molecule has 16 heavy (non-hydrogen) atoms. The molecular weight excluding hydrogens is 206 g/mol. The topological polar surface area (TPSA) is 67.6 Å². The van der Waals surface area contributed by atoms with Gasteiger partial charge in [-0.15, -0.1) is 0 Å². The number of hydrogen-bond acceptors (Lipinski definition) is 4. The summed E-state index contributed by atoms with van der Waals surface area (Å²) < 4.78 is 5.18. The Morgan fingerprint density at radius 3 is 3.12 bits per heavy atom. The van der Waals surface area contributed by atoms with Crippen LogP contribution in [0.4, 0.5) is 0 Å². The van der Waals surface area contributed by atoms with Crippen LogP contribution in [0, 0.1) is 5.92 Å². The molecule has 5 nitrogen and oxygen atoms in total. The molecule has 0 aromatic carbocycles. The van der Waals surface area contributed by atoms with Gasteiger partial charge in [-0.1, -0.05) is 0 Å². The molecule has 0 radical (unpaired) electrons. The van der Waals surface area contributed by atoms with E-state index in [1.54, 1.807) is 7.11 Å². The molecule has 1 aliphatic rings. The van der Waals surface area contributed by atoms with Crippen molar-refractivity contribution in [3.8, 4) is 0 Å². The van der Waals surface area contributed by atoms with Crippen LogP contribution in [0.2, 0.25) is 0 Å². The highest BCUT2D eigenvalue weighted by molar-refractivity contribution is 5.75. The summed E-state index contributed by atoms with van der Waals surface area (Å²) in [6.07, 6.45) is 3.88. The molecular formula is C11H23N3O2. The van der Waals surface area contributed by atoms with E-state index in [9.17, 15) is 4.79 Å². The van der Waals surface area contributed by atoms with Crippen molar-refractivity contribution >= 4 is 5.91 Å². The second-order valence-corrected chi connectivity index (χ2v) is 4.44. The number of ether oxygens (including phenoxy) is 1. The number of nitrogens with two attached hydrogens (primary N) is 1. The van der Waals surface area contributed by atoms with E-state index in [0.717, 1.165) is 32.7 Å². The van der Waals surface area contributed by atoms with Gasteiger partial charge in [-0.3, -0.25) is 10.2 Å². The minimum Gasteiger partial charge on any atom is -0.384 e. The monoisotopic (exact) mass is 229 g/mol. The van der Waals surface area contributed by atoms with Crippen LogP contribution in [-0.2, 0) is 9.53 Å². The molecule has 1 aliphatic heterocycles. The van der Waals surface area contributed by atoms with Crippen molar-refractivity contribution in [2.45, 2.75) is 25.7 Å². The maximum absolute atomic E-state index is 10.9. The Labute approximate surface area is 97.3 Å². The number of hydrazine groups is 1. The minimum absolute atomic E-state index is 0.0783. The molecule has 0 bridgehead atoms. The smallest absolute Gasteiger partial charge is 0.233 e. The van der Waals surface area contributed by atoms with E-state index in [4.69, 9.17) is 10.6 Å². The summed E-state index contributed by atoms with van der Waals surface area (Å²) >= 11 is 0. The Morgan fingerprint density at radius 2 is 2.44 bits per heavy atom. The zero-order valence-corrected chi connectivity index (χ0v) is 10.1. The highest BCUT2D eigenvalue weighted by Crippen LogP contribution is 2.16. The maximum atomic E-state index is 10.9. The first-order valence-electron chi connectivity index (χ1n) is 5.97. The van der Waals surface area contributed by atoms with Gasteiger partial charge in [0.25, 0.3) is 0 Å². The van der Waals surface area contributed by atoms with Gasteiger partial charge in [0, 0.05) is 20.1 Å². The Bertz CT molecular complexity index is 209. The molecule has 0 aromatic rings. The fraction of sp³-hybridized carbons (Fsp3) is 0.909. The summed E-state index contributed by atoms with van der Waals surface area (Å²) in [5.74, 6) is 5.60. The van der Waals surface area contributed by atoms with Crippen LogP contribution in [0.25, 0.3) is 0 Å². The molecule has 1 heterocycles. The predicted octanol–water partition coefficient (Wildman–Crippen LogP) is 0.115. The van der Waals surface area contributed by atoms with Crippen LogP contribution in [0.5, 0.6) is 0 Å². The molecule has 1 fully saturated rings. The van der Waals surface area contributed by atoms with Crippen LogP contribution < -0.4 is 11.3 Å². The molecule has 5 heteroatoms. The van der Waals surface area contributed by atoms with Crippen molar-refractivity contribution in [2.24, 2.45) is 11.8 Å². The lowest BCUT2D eigenvalue weighted by Crippen LogP contribution is -2.38. The summed E-state index contributed by atoms with van der Waals surface area (Å²) in [6.45, 7) is 4.07. The van der Waals surface area contributed by atoms with Gasteiger partial charge in [-0.2, -0.15) is 0 Å². The maximum Gasteiger partial charge on any atom is 0.233 e. The van der Waals surface area contributed by atoms with E-state index in [1.165, 1.54) is 12.8 Å². The minimum atomic E-state index is -0.0783. The van der Waals surface area contributed by atoms with Gasteiger partial charge in [-0.05, 0) is 38.3 Å². The van der Waals surface area contributed by atoms with Crippen molar-refractivity contribution in [2.75, 3.05) is 33.4 Å². The van der Waals surface area contributed by atoms with Crippen molar-refractivity contribution in [1.29, 1.82) is 0 Å². The Kier molecular flexibility index (Phi) is 6.37. The third-order valence-corrected chi connectivity index (χ3v) is 3.04. The van der Waals surface area contributed by atoms with Gasteiger partial charge in [0.15, 0.2) is 0 Å². The summed E-state index contributed by atoms with van der Waals surface area (Å²) in [5, 5.41) is 0. The fourth-order valence-electron chi connectivity index (χ4n) is 2.26. The molecule has 1 unspecified atom stereocenters. The van der Waals surface area contributed by atoms with E-state index < -0.39 is 0 Å². The van der Waals surface area contributed by atoms with Crippen LogP contribution in [0.15, 0.2) is 0 Å². The Hall–Kier alpha value is -0.650. The van der Waals surface area contributed by atoms with Gasteiger partial charge < -0.3 is 9.64 Å². The van der Waals surface area contributed by atoms with E-state index in [0.29, 0.717) is 12.3 Å². The van der Waals surface area contributed by atoms with E-state index in [1.807, 2.05) is 0 Å². The van der Waals surface area contributed by atoms with Crippen molar-refractivity contribution in [3.05, 3.63) is 0 Å². The van der Waals surface area contributed by atoms with Crippen LogP contribution in [-0.4, -0.2) is 44.2 Å².